The smallest absolute Gasteiger partial charge is 0.292 e. The topological polar surface area (TPSA) is 48.0 Å². The summed E-state index contributed by atoms with van der Waals surface area (Å²) < 4.78 is 17.9. The normalized spacial score (nSPS) is 17.7. The Kier molecular flexibility index (Phi) is 4.49. The van der Waals surface area contributed by atoms with E-state index in [9.17, 15) is 4.79 Å². The summed E-state index contributed by atoms with van der Waals surface area (Å²) in [6, 6.07) is 20.0. The molecule has 0 N–H and O–H groups in total. The molecule has 5 rings (SSSR count). The lowest BCUT2D eigenvalue weighted by atomic mass is 10.0. The number of para-hydroxylation sites is 1. The Morgan fingerprint density at radius 1 is 1.00 bits per heavy atom. The molecule has 1 amide bonds. The summed E-state index contributed by atoms with van der Waals surface area (Å²) in [6.07, 6.45) is 0.792. The van der Waals surface area contributed by atoms with Gasteiger partial charge in [0.25, 0.3) is 11.7 Å². The average Bonchev–Trinajstić information content (AvgIpc) is 2.98. The molecule has 0 unspecified atom stereocenters. The number of carbonyl (C=O) groups excluding carboxylic acids is 1. The highest BCUT2D eigenvalue weighted by molar-refractivity contribution is 6.07. The molecule has 0 atom stereocenters. The van der Waals surface area contributed by atoms with Crippen LogP contribution < -0.4 is 9.64 Å². The Labute approximate surface area is 169 Å². The van der Waals surface area contributed by atoms with Gasteiger partial charge in [-0.1, -0.05) is 54.6 Å². The van der Waals surface area contributed by atoms with Crippen molar-refractivity contribution in [3.63, 3.8) is 0 Å². The first-order valence-corrected chi connectivity index (χ1v) is 10.0. The van der Waals surface area contributed by atoms with Crippen molar-refractivity contribution in [2.24, 2.45) is 0 Å². The van der Waals surface area contributed by atoms with E-state index < -0.39 is 5.79 Å². The highest BCUT2D eigenvalue weighted by Gasteiger charge is 2.55. The zero-order valence-electron chi connectivity index (χ0n) is 16.4. The standard InChI is InChI=1S/C24H23NO4/c1-17-7-4-11-20-22(17)25(23(26)24(20)28-14-6-15-29-24)13-16-27-21-12-5-9-18-8-2-3-10-19(18)21/h2-5,7-12H,6,13-16H2,1H3. The molecular weight excluding hydrogens is 366 g/mol. The second-order valence-corrected chi connectivity index (χ2v) is 7.42. The zero-order chi connectivity index (χ0) is 19.8. The van der Waals surface area contributed by atoms with Crippen LogP contribution in [0.3, 0.4) is 0 Å². The summed E-state index contributed by atoms with van der Waals surface area (Å²) in [4.78, 5) is 15.1. The Morgan fingerprint density at radius 2 is 1.76 bits per heavy atom. The minimum Gasteiger partial charge on any atom is -0.491 e. The van der Waals surface area contributed by atoms with E-state index in [1.165, 1.54) is 0 Å². The summed E-state index contributed by atoms with van der Waals surface area (Å²) in [5, 5.41) is 2.20. The van der Waals surface area contributed by atoms with Crippen molar-refractivity contribution in [1.82, 2.24) is 0 Å². The molecule has 5 nitrogen and oxygen atoms in total. The molecule has 0 aliphatic carbocycles. The molecule has 0 aromatic heterocycles. The number of aryl methyl sites for hydroxylation is 1. The van der Waals surface area contributed by atoms with Gasteiger partial charge in [0, 0.05) is 10.9 Å². The molecule has 5 heteroatoms. The lowest BCUT2D eigenvalue weighted by Crippen LogP contribution is -2.48. The Balaban J connectivity index is 1.41. The van der Waals surface area contributed by atoms with Crippen molar-refractivity contribution in [2.45, 2.75) is 19.1 Å². The van der Waals surface area contributed by atoms with Gasteiger partial charge in [0.2, 0.25) is 0 Å². The fourth-order valence-corrected chi connectivity index (χ4v) is 4.27. The third kappa shape index (κ3) is 2.89. The minimum atomic E-state index is -1.31. The van der Waals surface area contributed by atoms with Crippen LogP contribution >= 0.6 is 0 Å². The number of carbonyl (C=O) groups is 1. The van der Waals surface area contributed by atoms with Gasteiger partial charge in [0.15, 0.2) is 0 Å². The molecule has 2 heterocycles. The van der Waals surface area contributed by atoms with Crippen molar-refractivity contribution in [3.8, 4) is 5.75 Å². The van der Waals surface area contributed by atoms with Crippen molar-refractivity contribution in [1.29, 1.82) is 0 Å². The summed E-state index contributed by atoms with van der Waals surface area (Å²) in [5.74, 6) is -0.651. The Morgan fingerprint density at radius 3 is 2.62 bits per heavy atom. The average molecular weight is 389 g/mol. The van der Waals surface area contributed by atoms with Gasteiger partial charge < -0.3 is 19.1 Å². The number of ether oxygens (including phenoxy) is 3. The van der Waals surface area contributed by atoms with Crippen LogP contribution in [0.1, 0.15) is 17.5 Å². The summed E-state index contributed by atoms with van der Waals surface area (Å²) >= 11 is 0. The Bertz CT molecular complexity index is 1070. The number of hydrogen-bond acceptors (Lipinski definition) is 4. The van der Waals surface area contributed by atoms with Crippen LogP contribution in [0, 0.1) is 6.92 Å². The molecule has 3 aromatic carbocycles. The van der Waals surface area contributed by atoms with E-state index in [0.717, 1.165) is 39.8 Å². The molecular formula is C24H23NO4. The third-order valence-corrected chi connectivity index (χ3v) is 5.61. The van der Waals surface area contributed by atoms with Gasteiger partial charge in [-0.25, -0.2) is 0 Å². The highest BCUT2D eigenvalue weighted by atomic mass is 16.7. The van der Waals surface area contributed by atoms with Gasteiger partial charge >= 0.3 is 0 Å². The fourth-order valence-electron chi connectivity index (χ4n) is 4.27. The number of nitrogens with zero attached hydrogens (tertiary/aromatic N) is 1. The van der Waals surface area contributed by atoms with Crippen LogP contribution in [-0.2, 0) is 20.1 Å². The van der Waals surface area contributed by atoms with Crippen molar-refractivity contribution in [2.75, 3.05) is 31.3 Å². The molecule has 148 valence electrons. The molecule has 1 spiro atoms. The molecule has 3 aromatic rings. The minimum absolute atomic E-state index is 0.164. The van der Waals surface area contributed by atoms with E-state index in [4.69, 9.17) is 14.2 Å². The van der Waals surface area contributed by atoms with E-state index in [-0.39, 0.29) is 5.91 Å². The number of hydrogen-bond donors (Lipinski definition) is 0. The van der Waals surface area contributed by atoms with Gasteiger partial charge in [-0.15, -0.1) is 0 Å². The predicted molar refractivity (Wildman–Crippen MR) is 111 cm³/mol. The molecule has 0 saturated carbocycles. The van der Waals surface area contributed by atoms with Gasteiger partial charge in [-0.05, 0) is 30.4 Å². The fraction of sp³-hybridized carbons (Fsp3) is 0.292. The van der Waals surface area contributed by atoms with Crippen LogP contribution in [0.25, 0.3) is 10.8 Å². The van der Waals surface area contributed by atoms with Crippen LogP contribution in [0.2, 0.25) is 0 Å². The second-order valence-electron chi connectivity index (χ2n) is 7.42. The van der Waals surface area contributed by atoms with Gasteiger partial charge in [0.1, 0.15) is 12.4 Å². The molecule has 0 bridgehead atoms. The number of benzene rings is 3. The first-order chi connectivity index (χ1) is 14.2. The number of amides is 1. The molecule has 2 aliphatic rings. The quantitative estimate of drug-likeness (QED) is 0.672. The molecule has 29 heavy (non-hydrogen) atoms. The summed E-state index contributed by atoms with van der Waals surface area (Å²) in [5.41, 5.74) is 2.70. The third-order valence-electron chi connectivity index (χ3n) is 5.61. The highest BCUT2D eigenvalue weighted by Crippen LogP contribution is 2.46. The molecule has 1 fully saturated rings. The zero-order valence-corrected chi connectivity index (χ0v) is 16.4. The molecule has 1 saturated heterocycles. The van der Waals surface area contributed by atoms with Gasteiger partial charge in [0.05, 0.1) is 25.4 Å². The van der Waals surface area contributed by atoms with Crippen molar-refractivity contribution < 1.29 is 19.0 Å². The van der Waals surface area contributed by atoms with E-state index in [2.05, 4.69) is 12.1 Å². The largest absolute Gasteiger partial charge is 0.491 e. The number of anilines is 1. The van der Waals surface area contributed by atoms with E-state index in [1.807, 2.05) is 55.5 Å². The molecule has 2 aliphatic heterocycles. The maximum absolute atomic E-state index is 13.4. The first-order valence-electron chi connectivity index (χ1n) is 10.0. The maximum atomic E-state index is 13.4. The lowest BCUT2D eigenvalue weighted by Gasteiger charge is -2.32. The SMILES string of the molecule is Cc1cccc2c1N(CCOc1cccc3ccccc13)C(=O)C21OCCCO1. The van der Waals surface area contributed by atoms with Crippen LogP contribution in [0.15, 0.2) is 60.7 Å². The van der Waals surface area contributed by atoms with Crippen molar-refractivity contribution >= 4 is 22.4 Å². The van der Waals surface area contributed by atoms with Gasteiger partial charge in [-0.2, -0.15) is 0 Å². The second kappa shape index (κ2) is 7.17. The van der Waals surface area contributed by atoms with E-state index in [0.29, 0.717) is 26.4 Å². The van der Waals surface area contributed by atoms with E-state index in [1.54, 1.807) is 4.90 Å². The summed E-state index contributed by atoms with van der Waals surface area (Å²) in [6.45, 7) is 3.84. The monoisotopic (exact) mass is 389 g/mol. The Hall–Kier alpha value is -2.89. The molecule has 0 radical (unpaired) electrons. The van der Waals surface area contributed by atoms with Gasteiger partial charge in [-0.3, -0.25) is 4.79 Å². The van der Waals surface area contributed by atoms with E-state index >= 15 is 0 Å². The predicted octanol–water partition coefficient (Wildman–Crippen LogP) is 4.16. The number of rotatable bonds is 4. The maximum Gasteiger partial charge on any atom is 0.292 e. The lowest BCUT2D eigenvalue weighted by molar-refractivity contribution is -0.256. The van der Waals surface area contributed by atoms with Crippen LogP contribution in [-0.4, -0.2) is 32.3 Å². The van der Waals surface area contributed by atoms with Crippen LogP contribution in [0.4, 0.5) is 5.69 Å². The van der Waals surface area contributed by atoms with Crippen molar-refractivity contribution in [3.05, 3.63) is 71.8 Å². The van der Waals surface area contributed by atoms with Crippen LogP contribution in [0.5, 0.6) is 5.75 Å². The summed E-state index contributed by atoms with van der Waals surface area (Å²) in [7, 11) is 0. The first kappa shape index (κ1) is 18.2. The number of fused-ring (bicyclic) bond motifs is 3.